The lowest BCUT2D eigenvalue weighted by molar-refractivity contribution is -0.151. The first-order valence-corrected chi connectivity index (χ1v) is 12.0. The Morgan fingerprint density at radius 2 is 1.32 bits per heavy atom. The molecule has 0 aliphatic heterocycles. The highest BCUT2D eigenvalue weighted by molar-refractivity contribution is 7.93. The van der Waals surface area contributed by atoms with Gasteiger partial charge < -0.3 is 9.47 Å². The van der Waals surface area contributed by atoms with E-state index in [9.17, 15) is 22.9 Å². The summed E-state index contributed by atoms with van der Waals surface area (Å²) in [5, 5.41) is -1.83. The smallest absolute Gasteiger partial charge is 0.366 e. The summed E-state index contributed by atoms with van der Waals surface area (Å²) in [5.74, 6) is -1.47. The number of carbonyl (C=O) groups excluding carboxylic acids is 2. The summed E-state index contributed by atoms with van der Waals surface area (Å²) in [6.45, 7) is 8.44. The molecule has 0 aromatic heterocycles. The number of rotatable bonds is 16. The predicted octanol–water partition coefficient (Wildman–Crippen LogP) is 4.71. The van der Waals surface area contributed by atoms with Crippen molar-refractivity contribution in [2.24, 2.45) is 11.8 Å². The van der Waals surface area contributed by atoms with Crippen molar-refractivity contribution < 1.29 is 32.4 Å². The van der Waals surface area contributed by atoms with Crippen LogP contribution in [-0.2, 0) is 33.8 Å². The maximum atomic E-state index is 12.2. The summed E-state index contributed by atoms with van der Waals surface area (Å²) in [6, 6.07) is 0. The van der Waals surface area contributed by atoms with Crippen molar-refractivity contribution in [3.05, 3.63) is 0 Å². The first-order valence-electron chi connectivity index (χ1n) is 10.5. The Morgan fingerprint density at radius 3 is 1.71 bits per heavy atom. The van der Waals surface area contributed by atoms with Crippen molar-refractivity contribution in [1.82, 2.24) is 0 Å². The van der Waals surface area contributed by atoms with E-state index in [-0.39, 0.29) is 25.0 Å². The van der Waals surface area contributed by atoms with Crippen molar-refractivity contribution in [3.8, 4) is 0 Å². The van der Waals surface area contributed by atoms with Gasteiger partial charge in [0.25, 0.3) is 5.25 Å². The van der Waals surface area contributed by atoms with Crippen molar-refractivity contribution in [1.29, 1.82) is 0 Å². The molecule has 0 spiro atoms. The van der Waals surface area contributed by atoms with E-state index in [1.807, 2.05) is 13.8 Å². The van der Waals surface area contributed by atoms with E-state index in [1.54, 1.807) is 0 Å². The molecule has 0 aromatic rings. The highest BCUT2D eigenvalue weighted by atomic mass is 32.3. The summed E-state index contributed by atoms with van der Waals surface area (Å²) in [4.78, 5) is 24.3. The Labute approximate surface area is 171 Å². The fourth-order valence-electron chi connectivity index (χ4n) is 2.83. The van der Waals surface area contributed by atoms with Crippen LogP contribution in [0.3, 0.4) is 0 Å². The summed E-state index contributed by atoms with van der Waals surface area (Å²) in [5.41, 5.74) is 0. The van der Waals surface area contributed by atoms with E-state index in [4.69, 9.17) is 9.47 Å². The summed E-state index contributed by atoms with van der Waals surface area (Å²) in [7, 11) is -4.51. The zero-order valence-corrected chi connectivity index (χ0v) is 18.7. The Balaban J connectivity index is 4.70. The van der Waals surface area contributed by atoms with Crippen LogP contribution in [0, 0.1) is 11.8 Å². The van der Waals surface area contributed by atoms with E-state index in [0.717, 1.165) is 51.4 Å². The third-order valence-corrected chi connectivity index (χ3v) is 6.11. The maximum absolute atomic E-state index is 12.2. The normalized spacial score (nSPS) is 14.9. The van der Waals surface area contributed by atoms with Crippen molar-refractivity contribution >= 4 is 22.4 Å². The van der Waals surface area contributed by atoms with Crippen LogP contribution in [-0.4, -0.2) is 39.5 Å². The van der Waals surface area contributed by atoms with E-state index in [1.165, 1.54) is 0 Å². The number of ether oxygens (including phenoxy) is 2. The van der Waals surface area contributed by atoms with Crippen LogP contribution in [0.15, 0.2) is 0 Å². The van der Waals surface area contributed by atoms with Gasteiger partial charge in [0.1, 0.15) is 6.42 Å². The molecule has 0 fully saturated rings. The van der Waals surface area contributed by atoms with Gasteiger partial charge in [0, 0.05) is 0 Å². The van der Waals surface area contributed by atoms with Gasteiger partial charge >= 0.3 is 22.4 Å². The molecule has 0 aliphatic carbocycles. The van der Waals surface area contributed by atoms with E-state index in [0.29, 0.717) is 0 Å². The second-order valence-corrected chi connectivity index (χ2v) is 9.02. The lowest BCUT2D eigenvalue weighted by Crippen LogP contribution is -2.39. The molecule has 0 aromatic carbocycles. The SMILES string of the molecule is CCCCC(CC)COC(=O)CC(C(=O)OCC(CC)CCCC)[S+](=O)(O)O. The van der Waals surface area contributed by atoms with Crippen molar-refractivity contribution in [2.75, 3.05) is 13.2 Å². The third-order valence-electron chi connectivity index (χ3n) is 5.01. The lowest BCUT2D eigenvalue weighted by atomic mass is 10.0. The van der Waals surface area contributed by atoms with Crippen LogP contribution in [0.2, 0.25) is 0 Å². The second-order valence-electron chi connectivity index (χ2n) is 7.38. The average molecular weight is 424 g/mol. The minimum atomic E-state index is -4.51. The molecule has 0 heterocycles. The van der Waals surface area contributed by atoms with Crippen LogP contribution in [0.25, 0.3) is 0 Å². The molecular formula is C20H39O7S+. The van der Waals surface area contributed by atoms with Crippen LogP contribution >= 0.6 is 0 Å². The molecule has 7 nitrogen and oxygen atoms in total. The van der Waals surface area contributed by atoms with Crippen LogP contribution in [0.5, 0.6) is 0 Å². The van der Waals surface area contributed by atoms with Gasteiger partial charge in [-0.05, 0) is 28.9 Å². The molecular weight excluding hydrogens is 384 g/mol. The summed E-state index contributed by atoms with van der Waals surface area (Å²) in [6.07, 6.45) is 6.90. The maximum Gasteiger partial charge on any atom is 0.366 e. The van der Waals surface area contributed by atoms with Gasteiger partial charge in [0.05, 0.1) is 13.2 Å². The van der Waals surface area contributed by atoms with E-state index in [2.05, 4.69) is 13.8 Å². The Bertz CT molecular complexity index is 489. The zero-order chi connectivity index (χ0) is 21.6. The number of hydrogen-bond donors (Lipinski definition) is 2. The largest absolute Gasteiger partial charge is 0.465 e. The third kappa shape index (κ3) is 11.8. The van der Waals surface area contributed by atoms with Gasteiger partial charge in [-0.2, -0.15) is 9.11 Å². The van der Waals surface area contributed by atoms with Gasteiger partial charge in [-0.25, -0.2) is 4.79 Å². The molecule has 3 unspecified atom stereocenters. The van der Waals surface area contributed by atoms with Gasteiger partial charge in [-0.15, -0.1) is 0 Å². The molecule has 28 heavy (non-hydrogen) atoms. The highest BCUT2D eigenvalue weighted by Crippen LogP contribution is 2.18. The molecule has 0 rings (SSSR count). The number of carbonyl (C=O) groups is 2. The van der Waals surface area contributed by atoms with E-state index < -0.39 is 34.1 Å². The molecule has 0 saturated carbocycles. The van der Waals surface area contributed by atoms with Crippen molar-refractivity contribution in [3.63, 3.8) is 0 Å². The first kappa shape index (κ1) is 27.0. The Hall–Kier alpha value is -0.990. The zero-order valence-electron chi connectivity index (χ0n) is 17.9. The second kappa shape index (κ2) is 14.9. The van der Waals surface area contributed by atoms with E-state index >= 15 is 0 Å². The molecule has 0 aliphatic rings. The fraction of sp³-hybridized carbons (Fsp3) is 0.900. The standard InChI is InChI=1S/C20H38O7S/c1-5-9-11-16(7-3)14-26-19(21)13-18(28(23,24)25)20(22)27-15-17(8-4)12-10-6-2/h16-18H,5-15H2,1-4H3,(H-,23,24,25)/p+1. The van der Waals surface area contributed by atoms with Gasteiger partial charge in [0.15, 0.2) is 0 Å². The molecule has 3 atom stereocenters. The van der Waals surface area contributed by atoms with Gasteiger partial charge in [0.2, 0.25) is 0 Å². The summed E-state index contributed by atoms with van der Waals surface area (Å²) >= 11 is 0. The lowest BCUT2D eigenvalue weighted by Gasteiger charge is -2.17. The predicted molar refractivity (Wildman–Crippen MR) is 110 cm³/mol. The Morgan fingerprint density at radius 1 is 0.857 bits per heavy atom. The minimum Gasteiger partial charge on any atom is -0.465 e. The quantitative estimate of drug-likeness (QED) is 0.273. The van der Waals surface area contributed by atoms with Crippen LogP contribution in [0.4, 0.5) is 0 Å². The topological polar surface area (TPSA) is 110 Å². The fourth-order valence-corrected chi connectivity index (χ4v) is 3.50. The monoisotopic (exact) mass is 423 g/mol. The molecule has 166 valence electrons. The van der Waals surface area contributed by atoms with Crippen LogP contribution in [0.1, 0.15) is 85.5 Å². The number of hydrogen-bond acceptors (Lipinski definition) is 5. The molecule has 0 amide bonds. The molecule has 0 radical (unpaired) electrons. The summed E-state index contributed by atoms with van der Waals surface area (Å²) < 4.78 is 40.9. The number of unbranched alkanes of at least 4 members (excludes halogenated alkanes) is 2. The molecule has 2 N–H and O–H groups in total. The average Bonchev–Trinajstić information content (AvgIpc) is 2.65. The number of esters is 2. The van der Waals surface area contributed by atoms with Crippen molar-refractivity contribution in [2.45, 2.75) is 90.7 Å². The molecule has 0 bridgehead atoms. The molecule has 0 saturated heterocycles. The Kier molecular flexibility index (Phi) is 14.4. The first-order chi connectivity index (χ1) is 13.2. The highest BCUT2D eigenvalue weighted by Gasteiger charge is 2.46. The minimum absolute atomic E-state index is 0.103. The molecule has 8 heteroatoms. The van der Waals surface area contributed by atoms with Gasteiger partial charge in [-0.3, -0.25) is 4.79 Å². The van der Waals surface area contributed by atoms with Gasteiger partial charge in [-0.1, -0.05) is 66.2 Å². The van der Waals surface area contributed by atoms with Crippen LogP contribution < -0.4 is 0 Å².